The van der Waals surface area contributed by atoms with E-state index in [0.717, 1.165) is 31.7 Å². The maximum absolute atomic E-state index is 11.9. The summed E-state index contributed by atoms with van der Waals surface area (Å²) in [6.45, 7) is 8.93. The molecule has 1 aliphatic heterocycles. The second-order valence-electron chi connectivity index (χ2n) is 8.14. The average Bonchev–Trinajstić information content (AvgIpc) is 3.14. The van der Waals surface area contributed by atoms with E-state index in [1.165, 1.54) is 0 Å². The van der Waals surface area contributed by atoms with E-state index >= 15 is 0 Å². The van der Waals surface area contributed by atoms with Crippen molar-refractivity contribution >= 4 is 11.9 Å². The van der Waals surface area contributed by atoms with Crippen LogP contribution in [0.25, 0.3) is 0 Å². The summed E-state index contributed by atoms with van der Waals surface area (Å²) in [6, 6.07) is 3.80. The van der Waals surface area contributed by atoms with Gasteiger partial charge < -0.3 is 25.0 Å². The monoisotopic (exact) mass is 391 g/mol. The molecule has 0 spiro atoms. The number of hydrogen-bond acceptors (Lipinski definition) is 5. The highest BCUT2D eigenvalue weighted by Crippen LogP contribution is 2.15. The van der Waals surface area contributed by atoms with E-state index < -0.39 is 0 Å². The first-order valence-electron chi connectivity index (χ1n) is 9.67. The summed E-state index contributed by atoms with van der Waals surface area (Å²) < 4.78 is 11.2. The Morgan fingerprint density at radius 1 is 1.36 bits per heavy atom. The van der Waals surface area contributed by atoms with Crippen molar-refractivity contribution in [3.05, 3.63) is 23.9 Å². The van der Waals surface area contributed by atoms with Crippen molar-refractivity contribution < 1.29 is 14.3 Å². The standard InChI is InChI=1S/C20H33N5O3/c1-20(2,3)28-17-7-6-15(10-21-17)11-22-19(24-13-18(26)25(4)5)23-12-16-8-9-27-14-16/h6-7,10,16H,8-9,11-14H2,1-5H3,(H2,22,23,24). The minimum Gasteiger partial charge on any atom is -0.472 e. The number of carbonyl (C=O) groups excluding carboxylic acids is 1. The van der Waals surface area contributed by atoms with Gasteiger partial charge in [0.15, 0.2) is 5.96 Å². The third-order valence-corrected chi connectivity index (χ3v) is 4.12. The average molecular weight is 392 g/mol. The molecule has 1 saturated heterocycles. The van der Waals surface area contributed by atoms with Crippen LogP contribution >= 0.6 is 0 Å². The van der Waals surface area contributed by atoms with Gasteiger partial charge in [0.1, 0.15) is 5.60 Å². The molecule has 28 heavy (non-hydrogen) atoms. The Labute approximate surface area is 167 Å². The molecule has 2 rings (SSSR count). The molecule has 1 amide bonds. The van der Waals surface area contributed by atoms with Crippen LogP contribution in [0, 0.1) is 5.92 Å². The van der Waals surface area contributed by atoms with Gasteiger partial charge in [-0.2, -0.15) is 0 Å². The molecule has 1 aromatic rings. The van der Waals surface area contributed by atoms with Gasteiger partial charge in [0, 0.05) is 45.4 Å². The molecular weight excluding hydrogens is 358 g/mol. The molecule has 0 aromatic carbocycles. The molecule has 156 valence electrons. The SMILES string of the molecule is CN(C)C(=O)CNC(=NCc1ccc(OC(C)(C)C)nc1)NCC1CCOC1. The van der Waals surface area contributed by atoms with Crippen molar-refractivity contribution in [1.29, 1.82) is 0 Å². The molecule has 2 heterocycles. The molecule has 0 radical (unpaired) electrons. The zero-order valence-electron chi connectivity index (χ0n) is 17.6. The van der Waals surface area contributed by atoms with Crippen molar-refractivity contribution in [2.75, 3.05) is 40.4 Å². The Kier molecular flexibility index (Phi) is 8.04. The normalized spacial score (nSPS) is 17.3. The number of nitrogens with zero attached hydrogens (tertiary/aromatic N) is 3. The zero-order valence-corrected chi connectivity index (χ0v) is 17.6. The van der Waals surface area contributed by atoms with E-state index in [0.29, 0.717) is 24.3 Å². The van der Waals surface area contributed by atoms with Crippen LogP contribution in [-0.4, -0.2) is 67.8 Å². The van der Waals surface area contributed by atoms with Gasteiger partial charge >= 0.3 is 0 Å². The first kappa shape index (κ1) is 21.9. The molecule has 8 nitrogen and oxygen atoms in total. The molecule has 1 aliphatic rings. The molecule has 1 fully saturated rings. The number of nitrogens with one attached hydrogen (secondary N) is 2. The lowest BCUT2D eigenvalue weighted by molar-refractivity contribution is -0.127. The largest absolute Gasteiger partial charge is 0.472 e. The maximum atomic E-state index is 11.9. The van der Waals surface area contributed by atoms with E-state index in [1.807, 2.05) is 32.9 Å². The van der Waals surface area contributed by atoms with Crippen LogP contribution in [0.1, 0.15) is 32.8 Å². The summed E-state index contributed by atoms with van der Waals surface area (Å²) in [4.78, 5) is 22.4. The first-order valence-corrected chi connectivity index (χ1v) is 9.67. The lowest BCUT2D eigenvalue weighted by Crippen LogP contribution is -2.44. The highest BCUT2D eigenvalue weighted by Gasteiger charge is 2.16. The topological polar surface area (TPSA) is 88.1 Å². The fraction of sp³-hybridized carbons (Fsp3) is 0.650. The van der Waals surface area contributed by atoms with E-state index in [1.54, 1.807) is 25.2 Å². The number of likely N-dealkylation sites (N-methyl/N-ethyl adjacent to an activating group) is 1. The van der Waals surface area contributed by atoms with Gasteiger partial charge in [0.2, 0.25) is 11.8 Å². The highest BCUT2D eigenvalue weighted by atomic mass is 16.5. The predicted molar refractivity (Wildman–Crippen MR) is 109 cm³/mol. The smallest absolute Gasteiger partial charge is 0.241 e. The van der Waals surface area contributed by atoms with Crippen LogP contribution in [0.15, 0.2) is 23.3 Å². The molecule has 8 heteroatoms. The predicted octanol–water partition coefficient (Wildman–Crippen LogP) is 1.42. The molecule has 0 bridgehead atoms. The number of guanidine groups is 1. The lowest BCUT2D eigenvalue weighted by atomic mass is 10.1. The van der Waals surface area contributed by atoms with Crippen LogP contribution in [0.4, 0.5) is 0 Å². The first-order chi connectivity index (χ1) is 13.2. The summed E-state index contributed by atoms with van der Waals surface area (Å²) >= 11 is 0. The molecule has 2 N–H and O–H groups in total. The van der Waals surface area contributed by atoms with Gasteiger partial charge in [-0.25, -0.2) is 9.98 Å². The van der Waals surface area contributed by atoms with Crippen molar-refractivity contribution in [1.82, 2.24) is 20.5 Å². The van der Waals surface area contributed by atoms with Gasteiger partial charge in [0.25, 0.3) is 0 Å². The number of amides is 1. The fourth-order valence-electron chi connectivity index (χ4n) is 2.53. The van der Waals surface area contributed by atoms with Gasteiger partial charge in [-0.1, -0.05) is 6.07 Å². The number of aromatic nitrogens is 1. The number of ether oxygens (including phenoxy) is 2. The van der Waals surface area contributed by atoms with Crippen molar-refractivity contribution in [3.8, 4) is 5.88 Å². The lowest BCUT2D eigenvalue weighted by Gasteiger charge is -2.20. The van der Waals surface area contributed by atoms with E-state index in [-0.39, 0.29) is 18.1 Å². The third-order valence-electron chi connectivity index (χ3n) is 4.12. The maximum Gasteiger partial charge on any atom is 0.241 e. The van der Waals surface area contributed by atoms with Gasteiger partial charge in [-0.15, -0.1) is 0 Å². The van der Waals surface area contributed by atoms with Crippen LogP contribution < -0.4 is 15.4 Å². The van der Waals surface area contributed by atoms with E-state index in [2.05, 4.69) is 20.6 Å². The van der Waals surface area contributed by atoms with Crippen molar-refractivity contribution in [2.24, 2.45) is 10.9 Å². The Bertz CT molecular complexity index is 647. The molecule has 0 aliphatic carbocycles. The minimum atomic E-state index is -0.281. The second-order valence-corrected chi connectivity index (χ2v) is 8.14. The third kappa shape index (κ3) is 8.12. The number of pyridine rings is 1. The van der Waals surface area contributed by atoms with Gasteiger partial charge in [0.05, 0.1) is 19.7 Å². The summed E-state index contributed by atoms with van der Waals surface area (Å²) in [7, 11) is 3.47. The Morgan fingerprint density at radius 2 is 2.14 bits per heavy atom. The number of hydrogen-bond donors (Lipinski definition) is 2. The van der Waals surface area contributed by atoms with Crippen LogP contribution in [-0.2, 0) is 16.1 Å². The number of rotatable bonds is 7. The Morgan fingerprint density at radius 3 is 2.71 bits per heavy atom. The molecule has 0 saturated carbocycles. The quantitative estimate of drug-likeness (QED) is 0.540. The Hall–Kier alpha value is -2.35. The summed E-state index contributed by atoms with van der Waals surface area (Å²) in [5.74, 6) is 1.66. The molecule has 1 aromatic heterocycles. The zero-order chi connectivity index (χ0) is 20.6. The second kappa shape index (κ2) is 10.3. The number of carbonyl (C=O) groups is 1. The van der Waals surface area contributed by atoms with Crippen LogP contribution in [0.3, 0.4) is 0 Å². The van der Waals surface area contributed by atoms with Gasteiger partial charge in [-0.3, -0.25) is 4.79 Å². The molecule has 1 unspecified atom stereocenters. The summed E-state index contributed by atoms with van der Waals surface area (Å²) in [6.07, 6.45) is 2.80. The van der Waals surface area contributed by atoms with Gasteiger partial charge in [-0.05, 0) is 32.8 Å². The summed E-state index contributed by atoms with van der Waals surface area (Å²) in [5.41, 5.74) is 0.682. The van der Waals surface area contributed by atoms with Crippen LogP contribution in [0.2, 0.25) is 0 Å². The highest BCUT2D eigenvalue weighted by molar-refractivity contribution is 5.86. The van der Waals surface area contributed by atoms with Crippen molar-refractivity contribution in [3.63, 3.8) is 0 Å². The van der Waals surface area contributed by atoms with Crippen LogP contribution in [0.5, 0.6) is 5.88 Å². The summed E-state index contributed by atoms with van der Waals surface area (Å²) in [5, 5.41) is 6.41. The molecular formula is C20H33N5O3. The fourth-order valence-corrected chi connectivity index (χ4v) is 2.53. The number of aliphatic imine (C=N–C) groups is 1. The minimum absolute atomic E-state index is 0.0101. The Balaban J connectivity index is 1.95. The molecule has 1 atom stereocenters. The van der Waals surface area contributed by atoms with Crippen molar-refractivity contribution in [2.45, 2.75) is 39.3 Å². The van der Waals surface area contributed by atoms with E-state index in [4.69, 9.17) is 9.47 Å². The van der Waals surface area contributed by atoms with E-state index in [9.17, 15) is 4.79 Å².